The Balaban J connectivity index is 2.10. The molecule has 1 aliphatic heterocycles. The fourth-order valence-corrected chi connectivity index (χ4v) is 3.50. The fraction of sp³-hybridized carbons (Fsp3) is 0.438. The highest BCUT2D eigenvalue weighted by Gasteiger charge is 2.29. The summed E-state index contributed by atoms with van der Waals surface area (Å²) in [5.41, 5.74) is 8.25. The van der Waals surface area contributed by atoms with Crippen molar-refractivity contribution in [2.24, 2.45) is 5.73 Å². The van der Waals surface area contributed by atoms with Crippen LogP contribution in [0.4, 0.5) is 0 Å². The largest absolute Gasteiger partial charge is 0.329 e. The second-order valence-electron chi connectivity index (χ2n) is 5.52. The van der Waals surface area contributed by atoms with Crippen molar-refractivity contribution in [2.45, 2.75) is 31.8 Å². The molecule has 2 heterocycles. The van der Waals surface area contributed by atoms with E-state index in [2.05, 4.69) is 22.9 Å². The summed E-state index contributed by atoms with van der Waals surface area (Å²) in [5, 5.41) is 1.76. The Morgan fingerprint density at radius 1 is 1.45 bits per heavy atom. The van der Waals surface area contributed by atoms with Gasteiger partial charge in [-0.2, -0.15) is 0 Å². The molecular weight excluding hydrogens is 270 g/mol. The molecule has 4 heteroatoms. The van der Waals surface area contributed by atoms with Crippen molar-refractivity contribution in [3.63, 3.8) is 0 Å². The summed E-state index contributed by atoms with van der Waals surface area (Å²) in [7, 11) is 0. The highest BCUT2D eigenvalue weighted by Crippen LogP contribution is 2.34. The maximum absolute atomic E-state index is 6.28. The van der Waals surface area contributed by atoms with Crippen molar-refractivity contribution < 1.29 is 0 Å². The number of hydrogen-bond acceptors (Lipinski definition) is 3. The number of nitrogens with zero attached hydrogens (tertiary/aromatic N) is 2. The van der Waals surface area contributed by atoms with Crippen LogP contribution >= 0.6 is 11.6 Å². The summed E-state index contributed by atoms with van der Waals surface area (Å²) in [5.74, 6) is 0. The summed E-state index contributed by atoms with van der Waals surface area (Å²) in [6.45, 7) is 4.00. The highest BCUT2D eigenvalue weighted by molar-refractivity contribution is 6.35. The molecule has 0 bridgehead atoms. The lowest BCUT2D eigenvalue weighted by atomic mass is 10.0. The van der Waals surface area contributed by atoms with Crippen LogP contribution in [0.2, 0.25) is 5.02 Å². The maximum atomic E-state index is 6.28. The van der Waals surface area contributed by atoms with Crippen molar-refractivity contribution in [2.75, 3.05) is 13.1 Å². The third-order valence-corrected chi connectivity index (χ3v) is 4.66. The van der Waals surface area contributed by atoms with Crippen LogP contribution in [0.5, 0.6) is 0 Å². The molecule has 1 saturated heterocycles. The molecule has 3 rings (SSSR count). The number of nitrogens with two attached hydrogens (primary N) is 1. The van der Waals surface area contributed by atoms with Crippen molar-refractivity contribution in [1.82, 2.24) is 9.88 Å². The van der Waals surface area contributed by atoms with Crippen LogP contribution in [0, 0.1) is 0 Å². The van der Waals surface area contributed by atoms with E-state index in [1.807, 2.05) is 24.4 Å². The van der Waals surface area contributed by atoms with Gasteiger partial charge in [0.15, 0.2) is 0 Å². The molecule has 1 aromatic heterocycles. The van der Waals surface area contributed by atoms with Gasteiger partial charge in [-0.15, -0.1) is 0 Å². The minimum Gasteiger partial charge on any atom is -0.329 e. The number of fused-ring (bicyclic) bond motifs is 1. The van der Waals surface area contributed by atoms with E-state index in [0.29, 0.717) is 12.6 Å². The SMILES string of the molecule is CC1CCCN1C(CN)c1ccc(Cl)c2cccnc12. The van der Waals surface area contributed by atoms with E-state index in [-0.39, 0.29) is 6.04 Å². The number of rotatable bonds is 3. The Bertz CT molecular complexity index is 614. The zero-order valence-electron chi connectivity index (χ0n) is 11.7. The van der Waals surface area contributed by atoms with Gasteiger partial charge in [0.2, 0.25) is 0 Å². The molecule has 2 N–H and O–H groups in total. The summed E-state index contributed by atoms with van der Waals surface area (Å²) >= 11 is 6.28. The first-order valence-electron chi connectivity index (χ1n) is 7.21. The van der Waals surface area contributed by atoms with Crippen LogP contribution in [0.3, 0.4) is 0 Å². The first kappa shape index (κ1) is 13.8. The summed E-state index contributed by atoms with van der Waals surface area (Å²) in [6.07, 6.45) is 4.31. The number of halogens is 1. The topological polar surface area (TPSA) is 42.1 Å². The van der Waals surface area contributed by atoms with Gasteiger partial charge in [0.25, 0.3) is 0 Å². The third kappa shape index (κ3) is 2.30. The highest BCUT2D eigenvalue weighted by atomic mass is 35.5. The molecule has 2 atom stereocenters. The smallest absolute Gasteiger partial charge is 0.0765 e. The average Bonchev–Trinajstić information content (AvgIpc) is 2.89. The van der Waals surface area contributed by atoms with Crippen LogP contribution < -0.4 is 5.73 Å². The van der Waals surface area contributed by atoms with Gasteiger partial charge in [0.1, 0.15) is 0 Å². The number of aromatic nitrogens is 1. The van der Waals surface area contributed by atoms with Crippen LogP contribution in [-0.2, 0) is 0 Å². The second kappa shape index (κ2) is 5.68. The lowest BCUT2D eigenvalue weighted by molar-refractivity contribution is 0.196. The molecule has 0 saturated carbocycles. The molecule has 1 aliphatic rings. The van der Waals surface area contributed by atoms with Crippen molar-refractivity contribution in [1.29, 1.82) is 0 Å². The second-order valence-corrected chi connectivity index (χ2v) is 5.92. The zero-order valence-corrected chi connectivity index (χ0v) is 12.5. The standard InChI is InChI=1S/C16H20ClN3/c1-11-4-3-9-20(11)15(10-18)13-6-7-14(17)12-5-2-8-19-16(12)13/h2,5-8,11,15H,3-4,9-10,18H2,1H3. The predicted molar refractivity (Wildman–Crippen MR) is 84.0 cm³/mol. The Labute approximate surface area is 124 Å². The Kier molecular flexibility index (Phi) is 3.92. The Morgan fingerprint density at radius 3 is 3.00 bits per heavy atom. The molecular formula is C16H20ClN3. The molecule has 20 heavy (non-hydrogen) atoms. The van der Waals surface area contributed by atoms with Gasteiger partial charge < -0.3 is 5.73 Å². The molecule has 106 valence electrons. The maximum Gasteiger partial charge on any atom is 0.0765 e. The lowest BCUT2D eigenvalue weighted by Crippen LogP contribution is -2.36. The normalized spacial score (nSPS) is 21.4. The molecule has 0 radical (unpaired) electrons. The van der Waals surface area contributed by atoms with Gasteiger partial charge >= 0.3 is 0 Å². The first-order valence-corrected chi connectivity index (χ1v) is 7.59. The van der Waals surface area contributed by atoms with E-state index in [4.69, 9.17) is 17.3 Å². The van der Waals surface area contributed by atoms with Crippen LogP contribution in [0.25, 0.3) is 10.9 Å². The van der Waals surface area contributed by atoms with E-state index in [1.165, 1.54) is 18.4 Å². The molecule has 1 aromatic carbocycles. The van der Waals surface area contributed by atoms with Crippen molar-refractivity contribution >= 4 is 22.5 Å². The summed E-state index contributed by atoms with van der Waals surface area (Å²) in [4.78, 5) is 7.04. The van der Waals surface area contributed by atoms with E-state index < -0.39 is 0 Å². The molecule has 0 aliphatic carbocycles. The van der Waals surface area contributed by atoms with Crippen LogP contribution in [0.1, 0.15) is 31.4 Å². The van der Waals surface area contributed by atoms with Crippen LogP contribution in [0.15, 0.2) is 30.5 Å². The van der Waals surface area contributed by atoms with Gasteiger partial charge in [0, 0.05) is 35.2 Å². The van der Waals surface area contributed by atoms with Gasteiger partial charge in [0.05, 0.1) is 5.52 Å². The molecule has 2 aromatic rings. The Morgan fingerprint density at radius 2 is 2.30 bits per heavy atom. The van der Waals surface area contributed by atoms with E-state index >= 15 is 0 Å². The number of likely N-dealkylation sites (tertiary alicyclic amines) is 1. The van der Waals surface area contributed by atoms with E-state index in [9.17, 15) is 0 Å². The first-order chi connectivity index (χ1) is 9.72. The minimum absolute atomic E-state index is 0.224. The van der Waals surface area contributed by atoms with Gasteiger partial charge in [-0.1, -0.05) is 17.7 Å². The predicted octanol–water partition coefficient (Wildman–Crippen LogP) is 3.37. The number of hydrogen-bond donors (Lipinski definition) is 1. The van der Waals surface area contributed by atoms with E-state index in [1.54, 1.807) is 0 Å². The van der Waals surface area contributed by atoms with Gasteiger partial charge in [-0.05, 0) is 50.1 Å². The molecule has 2 unspecified atom stereocenters. The molecule has 0 spiro atoms. The summed E-state index contributed by atoms with van der Waals surface area (Å²) in [6, 6.07) is 8.80. The minimum atomic E-state index is 0.224. The fourth-order valence-electron chi connectivity index (χ4n) is 3.29. The van der Waals surface area contributed by atoms with Crippen molar-refractivity contribution in [3.05, 3.63) is 41.0 Å². The molecule has 1 fully saturated rings. The monoisotopic (exact) mass is 289 g/mol. The van der Waals surface area contributed by atoms with Crippen molar-refractivity contribution in [3.8, 4) is 0 Å². The lowest BCUT2D eigenvalue weighted by Gasteiger charge is -2.31. The van der Waals surface area contributed by atoms with Gasteiger partial charge in [-0.25, -0.2) is 0 Å². The molecule has 3 nitrogen and oxygen atoms in total. The van der Waals surface area contributed by atoms with Gasteiger partial charge in [-0.3, -0.25) is 9.88 Å². The zero-order chi connectivity index (χ0) is 14.1. The summed E-state index contributed by atoms with van der Waals surface area (Å²) < 4.78 is 0. The quantitative estimate of drug-likeness (QED) is 0.942. The Hall–Kier alpha value is -1.16. The van der Waals surface area contributed by atoms with Crippen LogP contribution in [-0.4, -0.2) is 29.0 Å². The number of pyridine rings is 1. The average molecular weight is 290 g/mol. The number of benzene rings is 1. The van der Waals surface area contributed by atoms with E-state index in [0.717, 1.165) is 22.5 Å². The third-order valence-electron chi connectivity index (χ3n) is 4.33. The molecule has 0 amide bonds.